The van der Waals surface area contributed by atoms with Crippen LogP contribution in [0.15, 0.2) is 18.3 Å². The fraction of sp³-hybridized carbons (Fsp3) is 0.625. The third-order valence-electron chi connectivity index (χ3n) is 3.74. The summed E-state index contributed by atoms with van der Waals surface area (Å²) in [6.45, 7) is 4.00. The fourth-order valence-corrected chi connectivity index (χ4v) is 2.68. The Morgan fingerprint density at radius 2 is 2.05 bits per heavy atom. The van der Waals surface area contributed by atoms with E-state index in [-0.39, 0.29) is 18.0 Å². The van der Waals surface area contributed by atoms with Crippen LogP contribution in [0.1, 0.15) is 39.5 Å². The molecule has 0 aromatic carbocycles. The van der Waals surface area contributed by atoms with Gasteiger partial charge in [0.1, 0.15) is 0 Å². The Morgan fingerprint density at radius 1 is 1.33 bits per heavy atom. The fourth-order valence-electron chi connectivity index (χ4n) is 2.68. The Balaban J connectivity index is 1.93. The lowest BCUT2D eigenvalue weighted by atomic mass is 9.86. The highest BCUT2D eigenvalue weighted by Crippen LogP contribution is 2.30. The number of anilines is 1. The van der Waals surface area contributed by atoms with E-state index in [4.69, 9.17) is 9.47 Å². The molecule has 1 aliphatic carbocycles. The lowest BCUT2D eigenvalue weighted by Crippen LogP contribution is -2.30. The maximum Gasteiger partial charge on any atom is 0.308 e. The van der Waals surface area contributed by atoms with Gasteiger partial charge in [0, 0.05) is 12.2 Å². The highest BCUT2D eigenvalue weighted by Gasteiger charge is 2.27. The third kappa shape index (κ3) is 4.34. The highest BCUT2D eigenvalue weighted by atomic mass is 16.5. The minimum atomic E-state index is -0.0879. The monoisotopic (exact) mass is 292 g/mol. The summed E-state index contributed by atoms with van der Waals surface area (Å²) in [6.07, 6.45) is 5.48. The number of methoxy groups -OCH3 is 1. The van der Waals surface area contributed by atoms with E-state index in [2.05, 4.69) is 10.3 Å². The van der Waals surface area contributed by atoms with Crippen molar-refractivity contribution in [2.45, 2.75) is 51.7 Å². The number of nitrogens with zero attached hydrogens (tertiary/aromatic N) is 1. The van der Waals surface area contributed by atoms with Crippen LogP contribution in [0.25, 0.3) is 0 Å². The first kappa shape index (κ1) is 15.6. The Morgan fingerprint density at radius 3 is 2.67 bits per heavy atom. The van der Waals surface area contributed by atoms with Gasteiger partial charge in [-0.2, -0.15) is 0 Å². The molecule has 1 N–H and O–H groups in total. The molecule has 0 unspecified atom stereocenters. The average molecular weight is 292 g/mol. The van der Waals surface area contributed by atoms with Crippen molar-refractivity contribution in [1.29, 1.82) is 0 Å². The van der Waals surface area contributed by atoms with E-state index in [0.717, 1.165) is 37.3 Å². The largest absolute Gasteiger partial charge is 0.487 e. The second kappa shape index (κ2) is 7.29. The molecule has 1 heterocycles. The number of nitrogens with one attached hydrogen (secondary N) is 1. The second-order valence-electron chi connectivity index (χ2n) is 5.73. The Labute approximate surface area is 126 Å². The van der Waals surface area contributed by atoms with E-state index < -0.39 is 0 Å². The molecule has 2 rings (SSSR count). The topological polar surface area (TPSA) is 60.5 Å². The molecule has 0 spiro atoms. The van der Waals surface area contributed by atoms with Gasteiger partial charge in [-0.15, -0.1) is 0 Å². The van der Waals surface area contributed by atoms with Crippen LogP contribution in [0.2, 0.25) is 0 Å². The number of pyridine rings is 1. The summed E-state index contributed by atoms with van der Waals surface area (Å²) in [6, 6.07) is 4.13. The van der Waals surface area contributed by atoms with Crippen molar-refractivity contribution >= 4 is 11.8 Å². The van der Waals surface area contributed by atoms with Crippen molar-refractivity contribution < 1.29 is 14.3 Å². The standard InChI is InChI=1S/C16H24N2O3/c1-11(2)21-14-5-4-10-17-15(14)18-13-8-6-12(7-9-13)16(19)20-3/h4-5,10-13H,6-9H2,1-3H3,(H,17,18). The second-order valence-corrected chi connectivity index (χ2v) is 5.73. The summed E-state index contributed by atoms with van der Waals surface area (Å²) in [5, 5.41) is 3.44. The molecule has 5 nitrogen and oxygen atoms in total. The number of aromatic nitrogens is 1. The number of ether oxygens (including phenoxy) is 2. The van der Waals surface area contributed by atoms with Gasteiger partial charge in [0.05, 0.1) is 19.1 Å². The zero-order valence-electron chi connectivity index (χ0n) is 13.0. The molecule has 0 saturated heterocycles. The molecule has 5 heteroatoms. The van der Waals surface area contributed by atoms with Crippen molar-refractivity contribution in [2.75, 3.05) is 12.4 Å². The number of hydrogen-bond donors (Lipinski definition) is 1. The minimum Gasteiger partial charge on any atom is -0.487 e. The number of rotatable bonds is 5. The molecule has 21 heavy (non-hydrogen) atoms. The van der Waals surface area contributed by atoms with Crippen LogP contribution in [0.3, 0.4) is 0 Å². The molecule has 116 valence electrons. The zero-order chi connectivity index (χ0) is 15.2. The van der Waals surface area contributed by atoms with Crippen LogP contribution >= 0.6 is 0 Å². The predicted molar refractivity (Wildman–Crippen MR) is 81.4 cm³/mol. The van der Waals surface area contributed by atoms with Crippen molar-refractivity contribution in [1.82, 2.24) is 4.98 Å². The summed E-state index contributed by atoms with van der Waals surface area (Å²) in [7, 11) is 1.45. The van der Waals surface area contributed by atoms with Crippen LogP contribution in [0, 0.1) is 5.92 Å². The van der Waals surface area contributed by atoms with Crippen LogP contribution < -0.4 is 10.1 Å². The lowest BCUT2D eigenvalue weighted by molar-refractivity contribution is -0.146. The van der Waals surface area contributed by atoms with Crippen LogP contribution in [0.5, 0.6) is 5.75 Å². The van der Waals surface area contributed by atoms with Gasteiger partial charge in [-0.1, -0.05) is 0 Å². The molecule has 1 aliphatic rings. The van der Waals surface area contributed by atoms with Crippen molar-refractivity contribution in [2.24, 2.45) is 5.92 Å². The van der Waals surface area contributed by atoms with E-state index in [9.17, 15) is 4.79 Å². The first-order valence-corrected chi connectivity index (χ1v) is 7.56. The van der Waals surface area contributed by atoms with Crippen LogP contribution in [0.4, 0.5) is 5.82 Å². The molecule has 0 bridgehead atoms. The van der Waals surface area contributed by atoms with Gasteiger partial charge in [0.15, 0.2) is 11.6 Å². The average Bonchev–Trinajstić information content (AvgIpc) is 2.49. The maximum atomic E-state index is 11.5. The zero-order valence-corrected chi connectivity index (χ0v) is 13.0. The Kier molecular flexibility index (Phi) is 5.42. The smallest absolute Gasteiger partial charge is 0.308 e. The van der Waals surface area contributed by atoms with Gasteiger partial charge in [-0.25, -0.2) is 4.98 Å². The van der Waals surface area contributed by atoms with Crippen molar-refractivity contribution in [3.8, 4) is 5.75 Å². The maximum absolute atomic E-state index is 11.5. The quantitative estimate of drug-likeness (QED) is 0.845. The van der Waals surface area contributed by atoms with Gasteiger partial charge >= 0.3 is 5.97 Å². The summed E-state index contributed by atoms with van der Waals surface area (Å²) in [5.74, 6) is 1.52. The van der Waals surface area contributed by atoms with Crippen molar-refractivity contribution in [3.63, 3.8) is 0 Å². The third-order valence-corrected chi connectivity index (χ3v) is 3.74. The molecule has 1 aromatic rings. The number of hydrogen-bond acceptors (Lipinski definition) is 5. The number of esters is 1. The first-order valence-electron chi connectivity index (χ1n) is 7.56. The number of carbonyl (C=O) groups is 1. The summed E-state index contributed by atoms with van der Waals surface area (Å²) in [5.41, 5.74) is 0. The normalized spacial score (nSPS) is 21.9. The van der Waals surface area contributed by atoms with Gasteiger partial charge in [0.2, 0.25) is 0 Å². The van der Waals surface area contributed by atoms with E-state index in [1.54, 1.807) is 6.20 Å². The summed E-state index contributed by atoms with van der Waals surface area (Å²) in [4.78, 5) is 15.9. The Bertz CT molecular complexity index is 468. The molecular weight excluding hydrogens is 268 g/mol. The summed E-state index contributed by atoms with van der Waals surface area (Å²) >= 11 is 0. The van der Waals surface area contributed by atoms with Gasteiger partial charge < -0.3 is 14.8 Å². The van der Waals surface area contributed by atoms with E-state index in [1.807, 2.05) is 26.0 Å². The minimum absolute atomic E-state index is 0.0446. The van der Waals surface area contributed by atoms with E-state index in [1.165, 1.54) is 7.11 Å². The van der Waals surface area contributed by atoms with Gasteiger partial charge in [-0.3, -0.25) is 4.79 Å². The molecule has 0 amide bonds. The van der Waals surface area contributed by atoms with Crippen LogP contribution in [-0.4, -0.2) is 30.2 Å². The van der Waals surface area contributed by atoms with E-state index >= 15 is 0 Å². The molecule has 0 radical (unpaired) electrons. The van der Waals surface area contributed by atoms with Gasteiger partial charge in [-0.05, 0) is 51.7 Å². The van der Waals surface area contributed by atoms with E-state index in [0.29, 0.717) is 6.04 Å². The Hall–Kier alpha value is -1.78. The lowest BCUT2D eigenvalue weighted by Gasteiger charge is -2.28. The molecule has 1 fully saturated rings. The van der Waals surface area contributed by atoms with Crippen molar-refractivity contribution in [3.05, 3.63) is 18.3 Å². The molecule has 1 saturated carbocycles. The summed E-state index contributed by atoms with van der Waals surface area (Å²) < 4.78 is 10.6. The predicted octanol–water partition coefficient (Wildman–Crippen LogP) is 3.01. The highest BCUT2D eigenvalue weighted by molar-refractivity contribution is 5.72. The molecule has 1 aromatic heterocycles. The molecule has 0 atom stereocenters. The molecule has 0 aliphatic heterocycles. The number of carbonyl (C=O) groups excluding carboxylic acids is 1. The first-order chi connectivity index (χ1) is 10.1. The SMILES string of the molecule is COC(=O)C1CCC(Nc2ncccc2OC(C)C)CC1. The van der Waals surface area contributed by atoms with Gasteiger partial charge in [0.25, 0.3) is 0 Å². The van der Waals surface area contributed by atoms with Crippen LogP contribution in [-0.2, 0) is 9.53 Å². The molecular formula is C16H24N2O3.